The van der Waals surface area contributed by atoms with E-state index >= 15 is 0 Å². The lowest BCUT2D eigenvalue weighted by Crippen LogP contribution is -2.37. The van der Waals surface area contributed by atoms with E-state index in [4.69, 9.17) is 9.51 Å². The Balaban J connectivity index is 1.67. The fraction of sp³-hybridized carbons (Fsp3) is 0.429. The minimum atomic E-state index is -0.184. The molecule has 150 valence electrons. The first kappa shape index (κ1) is 19.2. The topological polar surface area (TPSA) is 107 Å². The van der Waals surface area contributed by atoms with E-state index in [1.807, 2.05) is 6.92 Å². The van der Waals surface area contributed by atoms with Gasteiger partial charge < -0.3 is 9.84 Å². The highest BCUT2D eigenvalue weighted by Crippen LogP contribution is 2.40. The zero-order valence-corrected chi connectivity index (χ0v) is 17.1. The van der Waals surface area contributed by atoms with Crippen LogP contribution in [0.15, 0.2) is 29.3 Å². The van der Waals surface area contributed by atoms with Crippen LogP contribution in [0.2, 0.25) is 0 Å². The van der Waals surface area contributed by atoms with Crippen molar-refractivity contribution in [1.29, 1.82) is 0 Å². The molecule has 0 saturated heterocycles. The smallest absolute Gasteiger partial charge is 0.257 e. The maximum atomic E-state index is 13.0. The Kier molecular flexibility index (Phi) is 4.86. The number of nitrogens with zero attached hydrogens (tertiary/aromatic N) is 5. The van der Waals surface area contributed by atoms with Gasteiger partial charge in [-0.25, -0.2) is 15.0 Å². The summed E-state index contributed by atoms with van der Waals surface area (Å²) in [6, 6.07) is -0.184. The first-order chi connectivity index (χ1) is 13.9. The van der Waals surface area contributed by atoms with Gasteiger partial charge in [0.15, 0.2) is 5.82 Å². The quantitative estimate of drug-likeness (QED) is 0.726. The molecule has 3 aromatic heterocycles. The second kappa shape index (κ2) is 7.35. The molecule has 3 aromatic rings. The van der Waals surface area contributed by atoms with Gasteiger partial charge in [0.05, 0.1) is 23.6 Å². The fourth-order valence-electron chi connectivity index (χ4n) is 3.89. The predicted molar refractivity (Wildman–Crippen MR) is 106 cm³/mol. The van der Waals surface area contributed by atoms with Gasteiger partial charge in [0.2, 0.25) is 0 Å². The largest absolute Gasteiger partial charge is 0.361 e. The van der Waals surface area contributed by atoms with Crippen molar-refractivity contribution >= 4 is 5.91 Å². The van der Waals surface area contributed by atoms with Crippen LogP contribution in [-0.2, 0) is 12.8 Å². The number of amides is 1. The highest BCUT2D eigenvalue weighted by Gasteiger charge is 2.35. The number of hydrogen-bond acceptors (Lipinski definition) is 7. The molecule has 0 aliphatic heterocycles. The van der Waals surface area contributed by atoms with Gasteiger partial charge >= 0.3 is 0 Å². The van der Waals surface area contributed by atoms with E-state index in [0.717, 1.165) is 24.1 Å². The summed E-state index contributed by atoms with van der Waals surface area (Å²) in [6.45, 7) is 8.08. The summed E-state index contributed by atoms with van der Waals surface area (Å²) in [6.07, 6.45) is 8.93. The number of fused-ring (bicyclic) bond motifs is 1. The highest BCUT2D eigenvalue weighted by atomic mass is 16.5. The number of aromatic nitrogens is 5. The molecule has 1 amide bonds. The zero-order chi connectivity index (χ0) is 20.6. The maximum absolute atomic E-state index is 13.0. The van der Waals surface area contributed by atoms with Crippen molar-refractivity contribution in [2.75, 3.05) is 0 Å². The number of hydrogen-bond donors (Lipinski definition) is 1. The molecule has 0 fully saturated rings. The second-order valence-corrected chi connectivity index (χ2v) is 8.17. The van der Waals surface area contributed by atoms with Gasteiger partial charge in [-0.3, -0.25) is 9.78 Å². The summed E-state index contributed by atoms with van der Waals surface area (Å²) in [5.74, 6) is 0.902. The molecular formula is C21H24N6O2. The van der Waals surface area contributed by atoms with E-state index in [2.05, 4.69) is 39.3 Å². The van der Waals surface area contributed by atoms with Gasteiger partial charge in [-0.05, 0) is 31.6 Å². The number of aryl methyl sites for hydroxylation is 2. The molecule has 1 N–H and O–H groups in total. The number of carbonyl (C=O) groups excluding carboxylic acids is 1. The monoisotopic (exact) mass is 392 g/mol. The van der Waals surface area contributed by atoms with Crippen LogP contribution in [0.4, 0.5) is 0 Å². The Hall–Kier alpha value is -3.16. The summed E-state index contributed by atoms with van der Waals surface area (Å²) in [5.41, 5.74) is 3.68. The van der Waals surface area contributed by atoms with Crippen molar-refractivity contribution in [3.05, 3.63) is 53.1 Å². The zero-order valence-electron chi connectivity index (χ0n) is 17.1. The summed E-state index contributed by atoms with van der Waals surface area (Å²) in [4.78, 5) is 30.6. The van der Waals surface area contributed by atoms with Crippen LogP contribution in [0.25, 0.3) is 11.5 Å². The molecule has 0 bridgehead atoms. The first-order valence-electron chi connectivity index (χ1n) is 9.76. The molecular weight excluding hydrogens is 368 g/mol. The van der Waals surface area contributed by atoms with E-state index in [1.54, 1.807) is 31.7 Å². The molecule has 3 heterocycles. The third-order valence-corrected chi connectivity index (χ3v) is 5.27. The Bertz CT molecular complexity index is 1040. The van der Waals surface area contributed by atoms with Gasteiger partial charge in [-0.2, -0.15) is 0 Å². The average molecular weight is 392 g/mol. The number of rotatable bonds is 4. The van der Waals surface area contributed by atoms with E-state index < -0.39 is 0 Å². The lowest BCUT2D eigenvalue weighted by Gasteiger charge is -2.36. The van der Waals surface area contributed by atoms with Crippen LogP contribution in [0, 0.1) is 12.3 Å². The molecule has 29 heavy (non-hydrogen) atoms. The van der Waals surface area contributed by atoms with Crippen LogP contribution in [0.5, 0.6) is 0 Å². The molecule has 4 rings (SSSR count). The van der Waals surface area contributed by atoms with Crippen molar-refractivity contribution in [3.63, 3.8) is 0 Å². The van der Waals surface area contributed by atoms with Crippen LogP contribution in [-0.4, -0.2) is 31.0 Å². The van der Waals surface area contributed by atoms with Crippen molar-refractivity contribution in [3.8, 4) is 11.5 Å². The number of carbonyl (C=O) groups is 1. The van der Waals surface area contributed by atoms with Gasteiger partial charge in [-0.1, -0.05) is 25.9 Å². The average Bonchev–Trinajstić information content (AvgIpc) is 3.08. The van der Waals surface area contributed by atoms with E-state index in [9.17, 15) is 4.79 Å². The minimum absolute atomic E-state index is 0.0176. The second-order valence-electron chi connectivity index (χ2n) is 8.17. The summed E-state index contributed by atoms with van der Waals surface area (Å²) in [7, 11) is 0. The van der Waals surface area contributed by atoms with Gasteiger partial charge in [0, 0.05) is 24.2 Å². The molecule has 8 heteroatoms. The van der Waals surface area contributed by atoms with Gasteiger partial charge in [0.1, 0.15) is 17.0 Å². The lowest BCUT2D eigenvalue weighted by atomic mass is 9.74. The fourth-order valence-corrected chi connectivity index (χ4v) is 3.89. The van der Waals surface area contributed by atoms with Crippen LogP contribution in [0.1, 0.15) is 66.3 Å². The van der Waals surface area contributed by atoms with Crippen molar-refractivity contribution in [2.45, 2.75) is 53.0 Å². The minimum Gasteiger partial charge on any atom is -0.361 e. The molecule has 0 radical (unpaired) electrons. The maximum Gasteiger partial charge on any atom is 0.257 e. The molecule has 0 saturated carbocycles. The highest BCUT2D eigenvalue weighted by molar-refractivity contribution is 5.96. The molecule has 8 nitrogen and oxygen atoms in total. The molecule has 1 aliphatic carbocycles. The van der Waals surface area contributed by atoms with Crippen LogP contribution < -0.4 is 5.32 Å². The van der Waals surface area contributed by atoms with E-state index in [-0.39, 0.29) is 17.4 Å². The molecule has 0 spiro atoms. The summed E-state index contributed by atoms with van der Waals surface area (Å²) >= 11 is 0. The van der Waals surface area contributed by atoms with Crippen LogP contribution >= 0.6 is 0 Å². The number of nitrogens with one attached hydrogen (secondary N) is 1. The van der Waals surface area contributed by atoms with Gasteiger partial charge in [0.25, 0.3) is 5.91 Å². The van der Waals surface area contributed by atoms with Crippen molar-refractivity contribution in [1.82, 2.24) is 30.4 Å². The van der Waals surface area contributed by atoms with Crippen molar-refractivity contribution in [2.24, 2.45) is 5.41 Å². The Morgan fingerprint density at radius 3 is 2.83 bits per heavy atom. The van der Waals surface area contributed by atoms with E-state index in [1.165, 1.54) is 0 Å². The van der Waals surface area contributed by atoms with Crippen LogP contribution in [0.3, 0.4) is 0 Å². The predicted octanol–water partition coefficient (Wildman–Crippen LogP) is 3.24. The Morgan fingerprint density at radius 2 is 2.10 bits per heavy atom. The summed E-state index contributed by atoms with van der Waals surface area (Å²) < 4.78 is 5.22. The van der Waals surface area contributed by atoms with Crippen molar-refractivity contribution < 1.29 is 9.32 Å². The Morgan fingerprint density at radius 1 is 1.28 bits per heavy atom. The SMILES string of the molecule is CCc1noc(C)c1C(=O)N[C@H]1CC(C)(C)Cc2nc(-c3cnccn3)ncc21. The Labute approximate surface area is 169 Å². The third-order valence-electron chi connectivity index (χ3n) is 5.27. The van der Waals surface area contributed by atoms with E-state index in [0.29, 0.717) is 35.0 Å². The molecule has 0 unspecified atom stereocenters. The molecule has 0 aromatic carbocycles. The first-order valence-corrected chi connectivity index (χ1v) is 9.76. The van der Waals surface area contributed by atoms with Gasteiger partial charge in [-0.15, -0.1) is 0 Å². The normalized spacial score (nSPS) is 17.6. The molecule has 1 atom stereocenters. The standard InChI is InChI=1S/C21H24N6O2/c1-5-14-18(12(2)29-27-14)20(28)26-16-9-21(3,4)8-15-13(16)10-24-19(25-15)17-11-22-6-7-23-17/h6-7,10-11,16H,5,8-9H2,1-4H3,(H,26,28)/t16-/m0/s1. The summed E-state index contributed by atoms with van der Waals surface area (Å²) in [5, 5.41) is 7.15. The third kappa shape index (κ3) is 3.74. The molecule has 1 aliphatic rings. The lowest BCUT2D eigenvalue weighted by molar-refractivity contribution is 0.0916.